The van der Waals surface area contributed by atoms with E-state index >= 15 is 0 Å². The first kappa shape index (κ1) is 19.6. The molecule has 1 N–H and O–H groups in total. The summed E-state index contributed by atoms with van der Waals surface area (Å²) < 4.78 is 3.04. The number of rotatable bonds is 7. The number of carbonyl (C=O) groups is 1. The molecule has 0 fully saturated rings. The van der Waals surface area contributed by atoms with Crippen LogP contribution in [0.15, 0.2) is 42.6 Å². The lowest BCUT2D eigenvalue weighted by molar-refractivity contribution is -0.389. The van der Waals surface area contributed by atoms with Crippen molar-refractivity contribution < 1.29 is 9.72 Å². The van der Waals surface area contributed by atoms with Crippen LogP contribution < -0.4 is 5.32 Å². The summed E-state index contributed by atoms with van der Waals surface area (Å²) in [5.41, 5.74) is 1.45. The smallest absolute Gasteiger partial charge is 0.358 e. The number of aryl methyl sites for hydroxylation is 1. The summed E-state index contributed by atoms with van der Waals surface area (Å²) >= 11 is 6.16. The number of hydrogen-bond acceptors (Lipinski definition) is 5. The van der Waals surface area contributed by atoms with Crippen molar-refractivity contribution in [2.24, 2.45) is 0 Å². The summed E-state index contributed by atoms with van der Waals surface area (Å²) in [6, 6.07) is 9.80. The van der Waals surface area contributed by atoms with E-state index in [9.17, 15) is 14.9 Å². The van der Waals surface area contributed by atoms with E-state index in [0.29, 0.717) is 29.5 Å². The minimum absolute atomic E-state index is 0.284. The van der Waals surface area contributed by atoms with Crippen LogP contribution in [0, 0.1) is 17.0 Å². The van der Waals surface area contributed by atoms with Crippen molar-refractivity contribution in [3.63, 3.8) is 0 Å². The van der Waals surface area contributed by atoms with E-state index in [1.165, 1.54) is 10.7 Å². The second kappa shape index (κ2) is 8.22. The standard InChI is InChI=1S/C18H19ClN6O3/c1-3-15(24-12(2)10-17(22-24)25(27)28)18(26)20-16-8-9-23(21-16)11-13-6-4-5-7-14(13)19/h4-10,15H,3,11H2,1-2H3,(H,20,21,26). The lowest BCUT2D eigenvalue weighted by atomic mass is 10.2. The molecule has 146 valence electrons. The Morgan fingerprint density at radius 1 is 1.32 bits per heavy atom. The molecule has 1 amide bonds. The van der Waals surface area contributed by atoms with Gasteiger partial charge < -0.3 is 15.4 Å². The van der Waals surface area contributed by atoms with Crippen LogP contribution >= 0.6 is 11.6 Å². The summed E-state index contributed by atoms with van der Waals surface area (Å²) in [6.07, 6.45) is 2.16. The maximum absolute atomic E-state index is 12.7. The zero-order chi connectivity index (χ0) is 20.3. The molecule has 0 aliphatic heterocycles. The van der Waals surface area contributed by atoms with E-state index in [-0.39, 0.29) is 11.7 Å². The Morgan fingerprint density at radius 2 is 2.07 bits per heavy atom. The summed E-state index contributed by atoms with van der Waals surface area (Å²) in [5, 5.41) is 22.6. The number of hydrogen-bond donors (Lipinski definition) is 1. The highest BCUT2D eigenvalue weighted by atomic mass is 35.5. The number of aromatic nitrogens is 4. The molecule has 0 saturated carbocycles. The zero-order valence-electron chi connectivity index (χ0n) is 15.4. The van der Waals surface area contributed by atoms with Crippen LogP contribution in [0.4, 0.5) is 11.6 Å². The molecule has 3 aromatic rings. The Labute approximate surface area is 166 Å². The largest absolute Gasteiger partial charge is 0.390 e. The van der Waals surface area contributed by atoms with Gasteiger partial charge in [-0.05, 0) is 29.9 Å². The Kier molecular flexibility index (Phi) is 5.74. The van der Waals surface area contributed by atoms with E-state index in [4.69, 9.17) is 11.6 Å². The Hall–Kier alpha value is -3.20. The second-order valence-electron chi connectivity index (χ2n) is 6.25. The van der Waals surface area contributed by atoms with Gasteiger partial charge in [-0.3, -0.25) is 9.48 Å². The van der Waals surface area contributed by atoms with Crippen LogP contribution in [0.2, 0.25) is 5.02 Å². The molecule has 0 radical (unpaired) electrons. The number of anilines is 1. The average Bonchev–Trinajstić information content (AvgIpc) is 3.25. The molecule has 3 rings (SSSR count). The van der Waals surface area contributed by atoms with Crippen LogP contribution in [-0.4, -0.2) is 30.4 Å². The average molecular weight is 403 g/mol. The third-order valence-electron chi connectivity index (χ3n) is 4.26. The zero-order valence-corrected chi connectivity index (χ0v) is 16.1. The van der Waals surface area contributed by atoms with Crippen LogP contribution in [-0.2, 0) is 11.3 Å². The molecule has 0 aliphatic rings. The number of nitro groups is 1. The van der Waals surface area contributed by atoms with Crippen molar-refractivity contribution in [1.82, 2.24) is 19.6 Å². The minimum Gasteiger partial charge on any atom is -0.358 e. The molecule has 0 bridgehead atoms. The lowest BCUT2D eigenvalue weighted by Crippen LogP contribution is -2.27. The number of amides is 1. The summed E-state index contributed by atoms with van der Waals surface area (Å²) in [5.74, 6) is -0.242. The van der Waals surface area contributed by atoms with Gasteiger partial charge in [0.1, 0.15) is 0 Å². The maximum Gasteiger partial charge on any atom is 0.390 e. The Bertz CT molecular complexity index is 1010. The molecule has 1 aromatic carbocycles. The molecule has 0 spiro atoms. The summed E-state index contributed by atoms with van der Waals surface area (Å²) in [6.45, 7) is 3.96. The molecule has 0 saturated heterocycles. The van der Waals surface area contributed by atoms with Gasteiger partial charge in [0.25, 0.3) is 5.91 Å². The Morgan fingerprint density at radius 3 is 2.71 bits per heavy atom. The topological polar surface area (TPSA) is 108 Å². The molecule has 1 atom stereocenters. The molecular formula is C18H19ClN6O3. The molecule has 28 heavy (non-hydrogen) atoms. The van der Waals surface area contributed by atoms with Crippen LogP contribution in [0.1, 0.15) is 30.6 Å². The molecule has 9 nitrogen and oxygen atoms in total. The van der Waals surface area contributed by atoms with E-state index in [0.717, 1.165) is 5.56 Å². The molecule has 2 heterocycles. The highest BCUT2D eigenvalue weighted by Gasteiger charge is 2.27. The fourth-order valence-corrected chi connectivity index (χ4v) is 3.07. The number of benzene rings is 1. The highest BCUT2D eigenvalue weighted by Crippen LogP contribution is 2.21. The summed E-state index contributed by atoms with van der Waals surface area (Å²) in [7, 11) is 0. The quantitative estimate of drug-likeness (QED) is 0.480. The Balaban J connectivity index is 1.72. The van der Waals surface area contributed by atoms with Gasteiger partial charge in [0.05, 0.1) is 23.4 Å². The van der Waals surface area contributed by atoms with Gasteiger partial charge >= 0.3 is 5.82 Å². The van der Waals surface area contributed by atoms with Crippen LogP contribution in [0.25, 0.3) is 0 Å². The monoisotopic (exact) mass is 402 g/mol. The molecular weight excluding hydrogens is 384 g/mol. The van der Waals surface area contributed by atoms with Crippen LogP contribution in [0.3, 0.4) is 0 Å². The number of nitrogens with zero attached hydrogens (tertiary/aromatic N) is 5. The third kappa shape index (κ3) is 4.20. The molecule has 0 aliphatic carbocycles. The SMILES string of the molecule is CCC(C(=O)Nc1ccn(Cc2ccccc2Cl)n1)n1nc([N+](=O)[O-])cc1C. The number of nitrogens with one attached hydrogen (secondary N) is 1. The van der Waals surface area contributed by atoms with Gasteiger partial charge in [-0.15, -0.1) is 0 Å². The van der Waals surface area contributed by atoms with Crippen LogP contribution in [0.5, 0.6) is 0 Å². The predicted molar refractivity (Wildman–Crippen MR) is 104 cm³/mol. The minimum atomic E-state index is -0.678. The number of halogens is 1. The first-order chi connectivity index (χ1) is 13.4. The molecule has 2 aromatic heterocycles. The van der Waals surface area contributed by atoms with E-state index in [1.54, 1.807) is 29.9 Å². The van der Waals surface area contributed by atoms with Crippen molar-refractivity contribution in [1.29, 1.82) is 0 Å². The van der Waals surface area contributed by atoms with Crippen molar-refractivity contribution >= 4 is 29.1 Å². The van der Waals surface area contributed by atoms with Gasteiger partial charge in [0.15, 0.2) is 11.9 Å². The van der Waals surface area contributed by atoms with Gasteiger partial charge in [-0.2, -0.15) is 9.78 Å². The van der Waals surface area contributed by atoms with Gasteiger partial charge in [0, 0.05) is 17.3 Å². The first-order valence-corrected chi connectivity index (χ1v) is 9.05. The first-order valence-electron chi connectivity index (χ1n) is 8.67. The summed E-state index contributed by atoms with van der Waals surface area (Å²) in [4.78, 5) is 23.0. The van der Waals surface area contributed by atoms with Gasteiger partial charge in [0.2, 0.25) is 0 Å². The van der Waals surface area contributed by atoms with E-state index in [2.05, 4.69) is 15.5 Å². The van der Waals surface area contributed by atoms with Crippen molar-refractivity contribution in [2.45, 2.75) is 32.9 Å². The fourth-order valence-electron chi connectivity index (χ4n) is 2.87. The maximum atomic E-state index is 12.7. The van der Waals surface area contributed by atoms with Crippen molar-refractivity contribution in [3.8, 4) is 0 Å². The van der Waals surface area contributed by atoms with Crippen molar-refractivity contribution in [3.05, 3.63) is 69.0 Å². The highest BCUT2D eigenvalue weighted by molar-refractivity contribution is 6.31. The molecule has 1 unspecified atom stereocenters. The van der Waals surface area contributed by atoms with E-state index < -0.39 is 11.0 Å². The van der Waals surface area contributed by atoms with Gasteiger partial charge in [-0.25, -0.2) is 0 Å². The second-order valence-corrected chi connectivity index (χ2v) is 6.66. The fraction of sp³-hybridized carbons (Fsp3) is 0.278. The normalized spacial score (nSPS) is 12.0. The van der Waals surface area contributed by atoms with Crippen molar-refractivity contribution in [2.75, 3.05) is 5.32 Å². The molecule has 10 heteroatoms. The lowest BCUT2D eigenvalue weighted by Gasteiger charge is -2.13. The predicted octanol–water partition coefficient (Wildman–Crippen LogP) is 3.59. The number of carbonyl (C=O) groups excluding carboxylic acids is 1. The third-order valence-corrected chi connectivity index (χ3v) is 4.63. The van der Waals surface area contributed by atoms with Gasteiger partial charge in [-0.1, -0.05) is 36.7 Å². The van der Waals surface area contributed by atoms with E-state index in [1.807, 2.05) is 25.1 Å².